The summed E-state index contributed by atoms with van der Waals surface area (Å²) in [7, 11) is 1.77. The SMILES string of the molecule is COCCCN1CCCCC1.O=C(c1ccccc1)N1Cc2ccccc2C1. The lowest BCUT2D eigenvalue weighted by atomic mass is 10.1. The first-order valence-electron chi connectivity index (χ1n) is 10.4. The molecule has 2 heterocycles. The summed E-state index contributed by atoms with van der Waals surface area (Å²) in [6, 6.07) is 17.7. The molecular formula is C24H32N2O2. The van der Waals surface area contributed by atoms with Gasteiger partial charge in [0, 0.05) is 38.9 Å². The summed E-state index contributed by atoms with van der Waals surface area (Å²) >= 11 is 0. The molecule has 1 fully saturated rings. The number of nitrogens with zero attached hydrogens (tertiary/aromatic N) is 2. The van der Waals surface area contributed by atoms with Gasteiger partial charge in [-0.25, -0.2) is 0 Å². The zero-order valence-electron chi connectivity index (χ0n) is 17.0. The highest BCUT2D eigenvalue weighted by atomic mass is 16.5. The number of fused-ring (bicyclic) bond motifs is 1. The van der Waals surface area contributed by atoms with Crippen molar-refractivity contribution in [3.8, 4) is 0 Å². The zero-order chi connectivity index (χ0) is 19.6. The van der Waals surface area contributed by atoms with Crippen LogP contribution in [0, 0.1) is 0 Å². The van der Waals surface area contributed by atoms with Crippen molar-refractivity contribution in [1.29, 1.82) is 0 Å². The van der Waals surface area contributed by atoms with Gasteiger partial charge in [-0.15, -0.1) is 0 Å². The normalized spacial score (nSPS) is 16.2. The highest BCUT2D eigenvalue weighted by Crippen LogP contribution is 2.23. The minimum atomic E-state index is 0.113. The summed E-state index contributed by atoms with van der Waals surface area (Å²) < 4.78 is 5.01. The molecule has 1 amide bonds. The van der Waals surface area contributed by atoms with Gasteiger partial charge in [-0.1, -0.05) is 48.9 Å². The van der Waals surface area contributed by atoms with Crippen LogP contribution in [0.1, 0.15) is 47.2 Å². The smallest absolute Gasteiger partial charge is 0.254 e. The van der Waals surface area contributed by atoms with Gasteiger partial charge in [-0.05, 0) is 55.6 Å². The number of likely N-dealkylation sites (tertiary alicyclic amines) is 1. The van der Waals surface area contributed by atoms with Gasteiger partial charge in [0.25, 0.3) is 5.91 Å². The Hall–Kier alpha value is -2.17. The number of carbonyl (C=O) groups excluding carboxylic acids is 1. The molecule has 4 heteroatoms. The largest absolute Gasteiger partial charge is 0.385 e. The van der Waals surface area contributed by atoms with E-state index in [0.29, 0.717) is 0 Å². The van der Waals surface area contributed by atoms with Crippen LogP contribution in [0.4, 0.5) is 0 Å². The third kappa shape index (κ3) is 5.91. The van der Waals surface area contributed by atoms with E-state index in [2.05, 4.69) is 17.0 Å². The van der Waals surface area contributed by atoms with Crippen LogP contribution in [0.5, 0.6) is 0 Å². The Bertz CT molecular complexity index is 701. The second-order valence-electron chi connectivity index (χ2n) is 7.54. The van der Waals surface area contributed by atoms with Gasteiger partial charge in [-0.3, -0.25) is 4.79 Å². The van der Waals surface area contributed by atoms with Crippen molar-refractivity contribution >= 4 is 5.91 Å². The van der Waals surface area contributed by atoms with Gasteiger partial charge in [0.15, 0.2) is 0 Å². The molecule has 0 aliphatic carbocycles. The standard InChI is InChI=1S/C15H13NO.C9H19NO/c17-15(12-6-2-1-3-7-12)16-10-13-8-4-5-9-14(13)11-16;1-11-9-5-8-10-6-3-2-4-7-10/h1-9H,10-11H2;2-9H2,1H3. The van der Waals surface area contributed by atoms with Gasteiger partial charge in [0.05, 0.1) is 0 Å². The van der Waals surface area contributed by atoms with Gasteiger partial charge in [0.1, 0.15) is 0 Å². The lowest BCUT2D eigenvalue weighted by Gasteiger charge is -2.25. The Morgan fingerprint density at radius 3 is 2.11 bits per heavy atom. The van der Waals surface area contributed by atoms with E-state index in [4.69, 9.17) is 4.74 Å². The number of hydrogen-bond acceptors (Lipinski definition) is 3. The minimum Gasteiger partial charge on any atom is -0.385 e. The Labute approximate surface area is 169 Å². The number of rotatable bonds is 5. The van der Waals surface area contributed by atoms with Crippen molar-refractivity contribution in [3.05, 3.63) is 71.3 Å². The molecule has 1 saturated heterocycles. The molecule has 0 atom stereocenters. The quantitative estimate of drug-likeness (QED) is 0.723. The number of ether oxygens (including phenoxy) is 1. The van der Waals surface area contributed by atoms with Crippen LogP contribution in [0.25, 0.3) is 0 Å². The van der Waals surface area contributed by atoms with Crippen LogP contribution in [-0.4, -0.2) is 49.1 Å². The Morgan fingerprint density at radius 2 is 1.50 bits per heavy atom. The van der Waals surface area contributed by atoms with E-state index < -0.39 is 0 Å². The number of methoxy groups -OCH3 is 1. The monoisotopic (exact) mass is 380 g/mol. The van der Waals surface area contributed by atoms with Crippen molar-refractivity contribution in [1.82, 2.24) is 9.80 Å². The van der Waals surface area contributed by atoms with E-state index in [-0.39, 0.29) is 5.91 Å². The number of carbonyl (C=O) groups is 1. The molecule has 0 saturated carbocycles. The molecule has 0 aromatic heterocycles. The predicted octanol–water partition coefficient (Wildman–Crippen LogP) is 4.35. The lowest BCUT2D eigenvalue weighted by molar-refractivity contribution is 0.0751. The maximum atomic E-state index is 12.2. The zero-order valence-corrected chi connectivity index (χ0v) is 17.0. The fourth-order valence-electron chi connectivity index (χ4n) is 3.86. The first-order chi connectivity index (χ1) is 13.8. The summed E-state index contributed by atoms with van der Waals surface area (Å²) in [5.41, 5.74) is 3.29. The van der Waals surface area contributed by atoms with Crippen molar-refractivity contribution < 1.29 is 9.53 Å². The van der Waals surface area contributed by atoms with Crippen molar-refractivity contribution in [3.63, 3.8) is 0 Å². The molecule has 2 aromatic rings. The van der Waals surface area contributed by atoms with Gasteiger partial charge in [-0.2, -0.15) is 0 Å². The minimum absolute atomic E-state index is 0.113. The van der Waals surface area contributed by atoms with E-state index >= 15 is 0 Å². The molecule has 150 valence electrons. The Balaban J connectivity index is 0.000000178. The first-order valence-corrected chi connectivity index (χ1v) is 10.4. The number of hydrogen-bond donors (Lipinski definition) is 0. The summed E-state index contributed by atoms with van der Waals surface area (Å²) in [6.07, 6.45) is 5.41. The number of piperidine rings is 1. The molecule has 2 aliphatic heterocycles. The average Bonchev–Trinajstić information content (AvgIpc) is 3.20. The number of amides is 1. The predicted molar refractivity (Wildman–Crippen MR) is 113 cm³/mol. The molecule has 2 aromatic carbocycles. The van der Waals surface area contributed by atoms with Crippen molar-refractivity contribution in [2.24, 2.45) is 0 Å². The number of benzene rings is 2. The molecule has 0 spiro atoms. The van der Waals surface area contributed by atoms with Gasteiger partial charge in [0.2, 0.25) is 0 Å². The fourth-order valence-corrected chi connectivity index (χ4v) is 3.86. The summed E-state index contributed by atoms with van der Waals surface area (Å²) in [4.78, 5) is 16.7. The highest BCUT2D eigenvalue weighted by Gasteiger charge is 2.23. The molecule has 0 bridgehead atoms. The maximum Gasteiger partial charge on any atom is 0.254 e. The second kappa shape index (κ2) is 11.0. The summed E-state index contributed by atoms with van der Waals surface area (Å²) in [5.74, 6) is 0.113. The second-order valence-corrected chi connectivity index (χ2v) is 7.54. The van der Waals surface area contributed by atoms with Crippen LogP contribution in [-0.2, 0) is 17.8 Å². The van der Waals surface area contributed by atoms with E-state index in [1.54, 1.807) is 7.11 Å². The van der Waals surface area contributed by atoms with Crippen LogP contribution in [0.3, 0.4) is 0 Å². The van der Waals surface area contributed by atoms with E-state index in [1.807, 2.05) is 47.4 Å². The van der Waals surface area contributed by atoms with Crippen LogP contribution in [0.2, 0.25) is 0 Å². The van der Waals surface area contributed by atoms with Crippen LogP contribution in [0.15, 0.2) is 54.6 Å². The van der Waals surface area contributed by atoms with Crippen LogP contribution < -0.4 is 0 Å². The van der Waals surface area contributed by atoms with Gasteiger partial charge >= 0.3 is 0 Å². The van der Waals surface area contributed by atoms with E-state index in [1.165, 1.54) is 56.4 Å². The molecule has 2 aliphatic rings. The Kier molecular flexibility index (Phi) is 8.07. The third-order valence-corrected chi connectivity index (χ3v) is 5.42. The summed E-state index contributed by atoms with van der Waals surface area (Å²) in [6.45, 7) is 6.21. The highest BCUT2D eigenvalue weighted by molar-refractivity contribution is 5.94. The molecule has 4 rings (SSSR count). The molecule has 28 heavy (non-hydrogen) atoms. The van der Waals surface area contributed by atoms with Crippen molar-refractivity contribution in [2.75, 3.05) is 33.4 Å². The molecule has 0 radical (unpaired) electrons. The topological polar surface area (TPSA) is 32.8 Å². The molecule has 0 unspecified atom stereocenters. The molecular weight excluding hydrogens is 348 g/mol. The summed E-state index contributed by atoms with van der Waals surface area (Å²) in [5, 5.41) is 0. The van der Waals surface area contributed by atoms with Crippen LogP contribution >= 0.6 is 0 Å². The van der Waals surface area contributed by atoms with E-state index in [0.717, 1.165) is 25.3 Å². The first kappa shape index (κ1) is 20.6. The average molecular weight is 381 g/mol. The van der Waals surface area contributed by atoms with Gasteiger partial charge < -0.3 is 14.5 Å². The lowest BCUT2D eigenvalue weighted by Crippen LogP contribution is -2.31. The van der Waals surface area contributed by atoms with E-state index in [9.17, 15) is 4.79 Å². The Morgan fingerprint density at radius 1 is 0.893 bits per heavy atom. The third-order valence-electron chi connectivity index (χ3n) is 5.42. The fraction of sp³-hybridized carbons (Fsp3) is 0.458. The maximum absolute atomic E-state index is 12.2. The molecule has 0 N–H and O–H groups in total. The molecule has 4 nitrogen and oxygen atoms in total. The van der Waals surface area contributed by atoms with Crippen molar-refractivity contribution in [2.45, 2.75) is 38.8 Å².